The van der Waals surface area contributed by atoms with E-state index >= 15 is 0 Å². The molecule has 1 atom stereocenters. The molecule has 2 saturated carbocycles. The number of hydrogen-bond donors (Lipinski definition) is 0. The monoisotopic (exact) mass is 190 g/mol. The molecule has 0 aromatic heterocycles. The van der Waals surface area contributed by atoms with Crippen molar-refractivity contribution in [3.63, 3.8) is 0 Å². The smallest absolute Gasteiger partial charge is 0.0841 e. The summed E-state index contributed by atoms with van der Waals surface area (Å²) in [6.45, 7) is 0. The van der Waals surface area contributed by atoms with Crippen molar-refractivity contribution < 1.29 is 0 Å². The molecule has 0 radical (unpaired) electrons. The molecule has 1 unspecified atom stereocenters. The summed E-state index contributed by atoms with van der Waals surface area (Å²) in [5.74, 6) is 0.150. The van der Waals surface area contributed by atoms with E-state index in [2.05, 4.69) is 6.07 Å². The lowest BCUT2D eigenvalue weighted by Crippen LogP contribution is -2.14. The minimum atomic E-state index is 0.150. The van der Waals surface area contributed by atoms with Gasteiger partial charge in [-0.2, -0.15) is 5.26 Å². The molecule has 0 N–H and O–H groups in total. The van der Waals surface area contributed by atoms with Crippen molar-refractivity contribution in [1.82, 2.24) is 0 Å². The predicted octanol–water partition coefficient (Wildman–Crippen LogP) is 3.08. The van der Waals surface area contributed by atoms with E-state index in [-0.39, 0.29) is 5.92 Å². The molecule has 0 heterocycles. The van der Waals surface area contributed by atoms with Gasteiger partial charge in [0, 0.05) is 11.8 Å². The van der Waals surface area contributed by atoms with Gasteiger partial charge in [0.2, 0.25) is 0 Å². The second-order valence-corrected chi connectivity index (χ2v) is 4.49. The first-order valence-electron chi connectivity index (χ1n) is 5.86. The van der Waals surface area contributed by atoms with Gasteiger partial charge in [-0.05, 0) is 32.1 Å². The van der Waals surface area contributed by atoms with Crippen molar-refractivity contribution in [3.8, 4) is 6.07 Å². The molecule has 0 spiro atoms. The van der Waals surface area contributed by atoms with Gasteiger partial charge in [-0.15, -0.1) is 0 Å². The molecule has 0 aromatic carbocycles. The zero-order chi connectivity index (χ0) is 9.80. The van der Waals surface area contributed by atoms with Crippen LogP contribution in [0.3, 0.4) is 0 Å². The van der Waals surface area contributed by atoms with E-state index in [0.29, 0.717) is 6.04 Å². The van der Waals surface area contributed by atoms with Crippen LogP contribution in [-0.4, -0.2) is 11.8 Å². The normalized spacial score (nSPS) is 31.9. The highest BCUT2D eigenvalue weighted by atomic mass is 14.8. The molecule has 2 aliphatic rings. The van der Waals surface area contributed by atoms with E-state index in [1.807, 2.05) is 0 Å². The first kappa shape index (κ1) is 9.71. The van der Waals surface area contributed by atoms with Crippen molar-refractivity contribution >= 4 is 5.71 Å². The van der Waals surface area contributed by atoms with E-state index in [9.17, 15) is 0 Å². The highest BCUT2D eigenvalue weighted by molar-refractivity contribution is 5.90. The van der Waals surface area contributed by atoms with Crippen LogP contribution in [0.15, 0.2) is 4.99 Å². The van der Waals surface area contributed by atoms with Crippen LogP contribution >= 0.6 is 0 Å². The highest BCUT2D eigenvalue weighted by Gasteiger charge is 2.23. The van der Waals surface area contributed by atoms with Crippen LogP contribution in [0.1, 0.15) is 51.4 Å². The third kappa shape index (κ3) is 2.15. The van der Waals surface area contributed by atoms with Crippen LogP contribution in [0.4, 0.5) is 0 Å². The zero-order valence-electron chi connectivity index (χ0n) is 8.71. The van der Waals surface area contributed by atoms with Crippen molar-refractivity contribution in [2.75, 3.05) is 0 Å². The standard InChI is InChI=1S/C12H18N2/c13-9-10-5-4-8-12(10)14-11-6-2-1-3-7-11/h10-11H,1-8H2/b14-12+. The van der Waals surface area contributed by atoms with E-state index in [1.54, 1.807) is 0 Å². The van der Waals surface area contributed by atoms with Gasteiger partial charge in [-0.3, -0.25) is 4.99 Å². The van der Waals surface area contributed by atoms with E-state index < -0.39 is 0 Å². The summed E-state index contributed by atoms with van der Waals surface area (Å²) in [4.78, 5) is 4.78. The molecule has 2 nitrogen and oxygen atoms in total. The summed E-state index contributed by atoms with van der Waals surface area (Å²) < 4.78 is 0. The Bertz CT molecular complexity index is 256. The number of nitriles is 1. The largest absolute Gasteiger partial charge is 0.289 e. The van der Waals surface area contributed by atoms with Crippen molar-refractivity contribution in [1.29, 1.82) is 5.26 Å². The van der Waals surface area contributed by atoms with E-state index in [1.165, 1.54) is 44.2 Å². The summed E-state index contributed by atoms with van der Waals surface area (Å²) in [6.07, 6.45) is 9.84. The van der Waals surface area contributed by atoms with Crippen LogP contribution in [0, 0.1) is 17.2 Å². The average Bonchev–Trinajstić information content (AvgIpc) is 2.67. The fraction of sp³-hybridized carbons (Fsp3) is 0.833. The second kappa shape index (κ2) is 4.59. The topological polar surface area (TPSA) is 36.1 Å². The van der Waals surface area contributed by atoms with Crippen molar-refractivity contribution in [2.24, 2.45) is 10.9 Å². The lowest BCUT2D eigenvalue weighted by Gasteiger charge is -2.18. The van der Waals surface area contributed by atoms with Gasteiger partial charge in [-0.25, -0.2) is 0 Å². The Morgan fingerprint density at radius 2 is 1.86 bits per heavy atom. The van der Waals surface area contributed by atoms with Gasteiger partial charge in [0.05, 0.1) is 12.0 Å². The maximum atomic E-state index is 8.94. The summed E-state index contributed by atoms with van der Waals surface area (Å²) in [6, 6.07) is 2.92. The minimum Gasteiger partial charge on any atom is -0.289 e. The summed E-state index contributed by atoms with van der Waals surface area (Å²) >= 11 is 0. The molecule has 0 aliphatic heterocycles. The Labute approximate surface area is 86.0 Å². The number of rotatable bonds is 1. The Hall–Kier alpha value is -0.840. The molecule has 2 fully saturated rings. The number of hydrogen-bond acceptors (Lipinski definition) is 2. The Morgan fingerprint density at radius 3 is 2.57 bits per heavy atom. The van der Waals surface area contributed by atoms with Crippen LogP contribution in [0.2, 0.25) is 0 Å². The van der Waals surface area contributed by atoms with Gasteiger partial charge < -0.3 is 0 Å². The van der Waals surface area contributed by atoms with Crippen LogP contribution in [0.5, 0.6) is 0 Å². The Balaban J connectivity index is 1.98. The number of nitrogens with zero attached hydrogens (tertiary/aromatic N) is 2. The average molecular weight is 190 g/mol. The zero-order valence-corrected chi connectivity index (χ0v) is 8.71. The summed E-state index contributed by atoms with van der Waals surface area (Å²) in [7, 11) is 0. The lowest BCUT2D eigenvalue weighted by molar-refractivity contribution is 0.442. The molecule has 14 heavy (non-hydrogen) atoms. The molecule has 2 heteroatoms. The van der Waals surface area contributed by atoms with Crippen LogP contribution in [-0.2, 0) is 0 Å². The van der Waals surface area contributed by atoms with E-state index in [0.717, 1.165) is 12.8 Å². The number of aliphatic imine (C=N–C) groups is 1. The predicted molar refractivity (Wildman–Crippen MR) is 57.3 cm³/mol. The first-order valence-corrected chi connectivity index (χ1v) is 5.86. The Kier molecular flexibility index (Phi) is 3.18. The van der Waals surface area contributed by atoms with Gasteiger partial charge in [0.25, 0.3) is 0 Å². The molecule has 0 bridgehead atoms. The minimum absolute atomic E-state index is 0.150. The second-order valence-electron chi connectivity index (χ2n) is 4.49. The summed E-state index contributed by atoms with van der Waals surface area (Å²) in [5.41, 5.74) is 1.21. The van der Waals surface area contributed by atoms with Crippen LogP contribution in [0.25, 0.3) is 0 Å². The van der Waals surface area contributed by atoms with Gasteiger partial charge in [-0.1, -0.05) is 19.3 Å². The molecule has 2 aliphatic carbocycles. The van der Waals surface area contributed by atoms with Crippen molar-refractivity contribution in [3.05, 3.63) is 0 Å². The molecule has 0 saturated heterocycles. The first-order chi connectivity index (χ1) is 6.90. The molecule has 0 aromatic rings. The van der Waals surface area contributed by atoms with Gasteiger partial charge in [0.15, 0.2) is 0 Å². The highest BCUT2D eigenvalue weighted by Crippen LogP contribution is 2.26. The SMILES string of the molecule is N#CC1CCC/C1=N\C1CCCCC1. The molecular formula is C12H18N2. The summed E-state index contributed by atoms with van der Waals surface area (Å²) in [5, 5.41) is 8.94. The maximum absolute atomic E-state index is 8.94. The quantitative estimate of drug-likeness (QED) is 0.626. The fourth-order valence-electron chi connectivity index (χ4n) is 2.57. The van der Waals surface area contributed by atoms with E-state index in [4.69, 9.17) is 10.3 Å². The molecule has 2 rings (SSSR count). The third-order valence-electron chi connectivity index (χ3n) is 3.41. The third-order valence-corrected chi connectivity index (χ3v) is 3.41. The van der Waals surface area contributed by atoms with Gasteiger partial charge in [0.1, 0.15) is 0 Å². The van der Waals surface area contributed by atoms with Crippen molar-refractivity contribution in [2.45, 2.75) is 57.4 Å². The van der Waals surface area contributed by atoms with Crippen LogP contribution < -0.4 is 0 Å². The molecular weight excluding hydrogens is 172 g/mol. The lowest BCUT2D eigenvalue weighted by atomic mass is 9.95. The molecule has 76 valence electrons. The van der Waals surface area contributed by atoms with Gasteiger partial charge >= 0.3 is 0 Å². The Morgan fingerprint density at radius 1 is 1.07 bits per heavy atom. The fourth-order valence-corrected chi connectivity index (χ4v) is 2.57. The maximum Gasteiger partial charge on any atom is 0.0841 e. The molecule has 0 amide bonds.